The van der Waals surface area contributed by atoms with Crippen LogP contribution in [0.4, 0.5) is 5.69 Å². The number of non-ortho nitro benzene ring substituents is 1. The Morgan fingerprint density at radius 2 is 2.00 bits per heavy atom. The summed E-state index contributed by atoms with van der Waals surface area (Å²) >= 11 is 0. The number of aromatic amines is 1. The van der Waals surface area contributed by atoms with Gasteiger partial charge in [-0.3, -0.25) is 15.2 Å². The molecule has 4 rings (SSSR count). The van der Waals surface area contributed by atoms with E-state index in [1.165, 1.54) is 12.1 Å². The van der Waals surface area contributed by atoms with E-state index in [1.807, 2.05) is 30.3 Å². The molecule has 0 atom stereocenters. The van der Waals surface area contributed by atoms with E-state index in [-0.39, 0.29) is 5.69 Å². The van der Waals surface area contributed by atoms with Gasteiger partial charge in [-0.05, 0) is 35.9 Å². The molecule has 0 fully saturated rings. The lowest BCUT2D eigenvalue weighted by Gasteiger charge is -2.00. The van der Waals surface area contributed by atoms with Crippen molar-refractivity contribution in [2.24, 2.45) is 0 Å². The van der Waals surface area contributed by atoms with Crippen LogP contribution in [-0.4, -0.2) is 15.1 Å². The summed E-state index contributed by atoms with van der Waals surface area (Å²) in [6, 6.07) is 17.5. The Balaban J connectivity index is 1.74. The molecule has 0 aliphatic heterocycles. The number of aromatic nitrogens is 2. The fourth-order valence-corrected chi connectivity index (χ4v) is 2.81. The molecule has 0 saturated heterocycles. The van der Waals surface area contributed by atoms with Crippen LogP contribution in [-0.2, 0) is 0 Å². The molecule has 130 valence electrons. The van der Waals surface area contributed by atoms with Crippen molar-refractivity contribution in [1.29, 1.82) is 5.26 Å². The maximum atomic E-state index is 10.8. The third kappa shape index (κ3) is 3.07. The highest BCUT2D eigenvalue weighted by atomic mass is 16.6. The Kier molecular flexibility index (Phi) is 3.99. The predicted molar refractivity (Wildman–Crippen MR) is 100 cm³/mol. The fourth-order valence-electron chi connectivity index (χ4n) is 2.81. The molecule has 0 amide bonds. The van der Waals surface area contributed by atoms with E-state index in [2.05, 4.69) is 16.3 Å². The Bertz CT molecular complexity index is 1180. The number of nitrogens with one attached hydrogen (secondary N) is 1. The van der Waals surface area contributed by atoms with E-state index in [0.29, 0.717) is 28.2 Å². The molecule has 7 nitrogen and oxygen atoms in total. The highest BCUT2D eigenvalue weighted by Gasteiger charge is 2.13. The average molecular weight is 356 g/mol. The van der Waals surface area contributed by atoms with Crippen LogP contribution in [0.3, 0.4) is 0 Å². The number of nitro benzene ring substituents is 1. The molecule has 2 aromatic heterocycles. The van der Waals surface area contributed by atoms with Crippen LogP contribution in [0.15, 0.2) is 65.2 Å². The zero-order chi connectivity index (χ0) is 18.8. The van der Waals surface area contributed by atoms with Gasteiger partial charge in [0.15, 0.2) is 5.76 Å². The van der Waals surface area contributed by atoms with Gasteiger partial charge in [0, 0.05) is 23.1 Å². The minimum Gasteiger partial charge on any atom is -0.454 e. The third-order valence-electron chi connectivity index (χ3n) is 4.15. The van der Waals surface area contributed by atoms with Crippen molar-refractivity contribution in [3.05, 3.63) is 82.0 Å². The van der Waals surface area contributed by atoms with Crippen LogP contribution < -0.4 is 0 Å². The Hall–Kier alpha value is -4.18. The van der Waals surface area contributed by atoms with Gasteiger partial charge in [-0.2, -0.15) is 10.4 Å². The van der Waals surface area contributed by atoms with Gasteiger partial charge >= 0.3 is 0 Å². The first-order valence-corrected chi connectivity index (χ1v) is 8.04. The van der Waals surface area contributed by atoms with E-state index in [1.54, 1.807) is 24.4 Å². The number of hydrogen-bond donors (Lipinski definition) is 1. The summed E-state index contributed by atoms with van der Waals surface area (Å²) in [7, 11) is 0. The molecule has 2 aromatic carbocycles. The van der Waals surface area contributed by atoms with E-state index in [0.717, 1.165) is 11.0 Å². The molecule has 0 aliphatic rings. The largest absolute Gasteiger partial charge is 0.454 e. The lowest BCUT2D eigenvalue weighted by atomic mass is 10.0. The molecule has 27 heavy (non-hydrogen) atoms. The number of furan rings is 1. The highest BCUT2D eigenvalue weighted by Crippen LogP contribution is 2.30. The van der Waals surface area contributed by atoms with E-state index >= 15 is 0 Å². The van der Waals surface area contributed by atoms with Crippen molar-refractivity contribution in [3.8, 4) is 17.5 Å². The molecule has 0 bridgehead atoms. The Morgan fingerprint density at radius 3 is 2.70 bits per heavy atom. The summed E-state index contributed by atoms with van der Waals surface area (Å²) in [5.41, 5.74) is 3.02. The van der Waals surface area contributed by atoms with Gasteiger partial charge < -0.3 is 4.42 Å². The number of hydrogen-bond acceptors (Lipinski definition) is 5. The zero-order valence-corrected chi connectivity index (χ0v) is 13.9. The lowest BCUT2D eigenvalue weighted by Crippen LogP contribution is -1.88. The van der Waals surface area contributed by atoms with Crippen LogP contribution >= 0.6 is 0 Å². The third-order valence-corrected chi connectivity index (χ3v) is 4.15. The molecule has 2 heterocycles. The van der Waals surface area contributed by atoms with Crippen LogP contribution in [0.2, 0.25) is 0 Å². The molecular weight excluding hydrogens is 344 g/mol. The van der Waals surface area contributed by atoms with Gasteiger partial charge in [0.1, 0.15) is 11.3 Å². The summed E-state index contributed by atoms with van der Waals surface area (Å²) in [6.45, 7) is 0. The van der Waals surface area contributed by atoms with Crippen LogP contribution in [0.25, 0.3) is 34.1 Å². The van der Waals surface area contributed by atoms with Gasteiger partial charge in [0.05, 0.1) is 22.8 Å². The van der Waals surface area contributed by atoms with E-state index < -0.39 is 4.92 Å². The lowest BCUT2D eigenvalue weighted by molar-refractivity contribution is -0.384. The van der Waals surface area contributed by atoms with Crippen molar-refractivity contribution in [1.82, 2.24) is 10.2 Å². The molecule has 0 saturated carbocycles. The topological polar surface area (TPSA) is 109 Å². The number of rotatable bonds is 4. The summed E-state index contributed by atoms with van der Waals surface area (Å²) < 4.78 is 5.86. The Labute approximate surface area is 153 Å². The second-order valence-electron chi connectivity index (χ2n) is 5.82. The maximum absolute atomic E-state index is 10.8. The second kappa shape index (κ2) is 6.61. The second-order valence-corrected chi connectivity index (χ2v) is 5.82. The summed E-state index contributed by atoms with van der Waals surface area (Å²) in [4.78, 5) is 10.3. The number of para-hydroxylation sites is 1. The van der Waals surface area contributed by atoms with Gasteiger partial charge in [0.2, 0.25) is 0 Å². The average Bonchev–Trinajstić information content (AvgIpc) is 3.32. The number of H-pyrrole nitrogens is 1. The van der Waals surface area contributed by atoms with Crippen LogP contribution in [0.5, 0.6) is 0 Å². The molecular formula is C20H12N4O3. The standard InChI is InChI=1S/C20H12N4O3/c21-11-15(13-5-7-17(8-6-13)24(25)26)9-16-12-22-23-20(16)19-10-14-3-1-2-4-18(14)27-19/h1-10,12H,(H,22,23)/b15-9-. The fraction of sp³-hybridized carbons (Fsp3) is 0. The number of nitriles is 1. The number of nitro groups is 1. The van der Waals surface area contributed by atoms with Crippen molar-refractivity contribution < 1.29 is 9.34 Å². The first-order chi connectivity index (χ1) is 13.2. The van der Waals surface area contributed by atoms with Gasteiger partial charge in [-0.25, -0.2) is 0 Å². The molecule has 0 unspecified atom stereocenters. The number of allylic oxidation sites excluding steroid dienone is 1. The number of benzene rings is 2. The van der Waals surface area contributed by atoms with Crippen LogP contribution in [0.1, 0.15) is 11.1 Å². The van der Waals surface area contributed by atoms with Crippen LogP contribution in [0, 0.1) is 21.4 Å². The molecule has 0 aliphatic carbocycles. The minimum absolute atomic E-state index is 0.0256. The van der Waals surface area contributed by atoms with E-state index in [4.69, 9.17) is 4.42 Å². The zero-order valence-electron chi connectivity index (χ0n) is 13.9. The normalized spacial score (nSPS) is 11.4. The van der Waals surface area contributed by atoms with Crippen molar-refractivity contribution in [3.63, 3.8) is 0 Å². The van der Waals surface area contributed by atoms with E-state index in [9.17, 15) is 15.4 Å². The number of fused-ring (bicyclic) bond motifs is 1. The highest BCUT2D eigenvalue weighted by molar-refractivity contribution is 5.93. The summed E-state index contributed by atoms with van der Waals surface area (Å²) in [6.07, 6.45) is 3.28. The SMILES string of the molecule is N#C/C(=C/c1cn[nH]c1-c1cc2ccccc2o1)c1ccc([N+](=O)[O-])cc1. The Morgan fingerprint density at radius 1 is 1.22 bits per heavy atom. The maximum Gasteiger partial charge on any atom is 0.269 e. The summed E-state index contributed by atoms with van der Waals surface area (Å²) in [5.74, 6) is 0.612. The molecule has 0 radical (unpaired) electrons. The van der Waals surface area contributed by atoms with Crippen molar-refractivity contribution >= 4 is 28.3 Å². The molecule has 0 spiro atoms. The first-order valence-electron chi connectivity index (χ1n) is 8.04. The summed E-state index contributed by atoms with van der Waals surface area (Å²) in [5, 5.41) is 28.2. The monoisotopic (exact) mass is 356 g/mol. The van der Waals surface area contributed by atoms with Crippen molar-refractivity contribution in [2.75, 3.05) is 0 Å². The van der Waals surface area contributed by atoms with Gasteiger partial charge in [-0.15, -0.1) is 0 Å². The minimum atomic E-state index is -0.477. The quantitative estimate of drug-likeness (QED) is 0.321. The first kappa shape index (κ1) is 16.3. The van der Waals surface area contributed by atoms with Gasteiger partial charge in [-0.1, -0.05) is 18.2 Å². The molecule has 4 aromatic rings. The predicted octanol–water partition coefficient (Wildman–Crippen LogP) is 4.80. The van der Waals surface area contributed by atoms with Gasteiger partial charge in [0.25, 0.3) is 5.69 Å². The number of nitrogens with zero attached hydrogens (tertiary/aromatic N) is 3. The smallest absolute Gasteiger partial charge is 0.269 e. The van der Waals surface area contributed by atoms with Crippen molar-refractivity contribution in [2.45, 2.75) is 0 Å². The molecule has 1 N–H and O–H groups in total. The molecule has 7 heteroatoms.